The number of halogens is 4. The fourth-order valence-electron chi connectivity index (χ4n) is 2.08. The van der Waals surface area contributed by atoms with Gasteiger partial charge < -0.3 is 9.73 Å². The highest BCUT2D eigenvalue weighted by atomic mass is 79.9. The average molecular weight is 362 g/mol. The van der Waals surface area contributed by atoms with Crippen molar-refractivity contribution in [2.75, 3.05) is 6.54 Å². The molecule has 1 unspecified atom stereocenters. The maximum Gasteiger partial charge on any atom is 0.416 e. The summed E-state index contributed by atoms with van der Waals surface area (Å²) in [7, 11) is 0. The van der Waals surface area contributed by atoms with Crippen LogP contribution in [0.4, 0.5) is 13.2 Å². The van der Waals surface area contributed by atoms with E-state index in [1.807, 2.05) is 6.92 Å². The molecule has 1 N–H and O–H groups in total. The monoisotopic (exact) mass is 361 g/mol. The predicted molar refractivity (Wildman–Crippen MR) is 78.0 cm³/mol. The standard InChI is InChI=1S/C15H15BrF3NO/c1-2-6-20-14(10-5-7-21-9-10)12-8-11(15(17,18)19)3-4-13(12)16/h3-5,7-9,14,20H,2,6H2,1H3. The van der Waals surface area contributed by atoms with Gasteiger partial charge in [0.05, 0.1) is 24.1 Å². The van der Waals surface area contributed by atoms with Crippen LogP contribution in [-0.4, -0.2) is 6.54 Å². The lowest BCUT2D eigenvalue weighted by Crippen LogP contribution is -2.23. The van der Waals surface area contributed by atoms with E-state index in [1.165, 1.54) is 18.4 Å². The molecule has 0 fully saturated rings. The lowest BCUT2D eigenvalue weighted by Gasteiger charge is -2.20. The van der Waals surface area contributed by atoms with Gasteiger partial charge in [0.1, 0.15) is 0 Å². The minimum Gasteiger partial charge on any atom is -0.472 e. The lowest BCUT2D eigenvalue weighted by atomic mass is 9.99. The summed E-state index contributed by atoms with van der Waals surface area (Å²) >= 11 is 3.34. The van der Waals surface area contributed by atoms with E-state index >= 15 is 0 Å². The van der Waals surface area contributed by atoms with E-state index in [9.17, 15) is 13.2 Å². The van der Waals surface area contributed by atoms with Crippen molar-refractivity contribution < 1.29 is 17.6 Å². The highest BCUT2D eigenvalue weighted by Gasteiger charge is 2.32. The number of furan rings is 1. The van der Waals surface area contributed by atoms with Gasteiger partial charge in [-0.2, -0.15) is 13.2 Å². The third kappa shape index (κ3) is 3.89. The Hall–Kier alpha value is -1.27. The van der Waals surface area contributed by atoms with Crippen molar-refractivity contribution in [1.82, 2.24) is 5.32 Å². The second kappa shape index (κ2) is 6.66. The van der Waals surface area contributed by atoms with Crippen LogP contribution in [0.25, 0.3) is 0 Å². The molecule has 0 radical (unpaired) electrons. The first-order valence-electron chi connectivity index (χ1n) is 6.55. The van der Waals surface area contributed by atoms with Gasteiger partial charge >= 0.3 is 6.18 Å². The summed E-state index contributed by atoms with van der Waals surface area (Å²) in [5, 5.41) is 3.25. The summed E-state index contributed by atoms with van der Waals surface area (Å²) in [5.74, 6) is 0. The van der Waals surface area contributed by atoms with Gasteiger partial charge in [0, 0.05) is 10.0 Å². The molecule has 21 heavy (non-hydrogen) atoms. The molecule has 114 valence electrons. The number of hydrogen-bond donors (Lipinski definition) is 1. The maximum atomic E-state index is 12.9. The molecular formula is C15H15BrF3NO. The first-order valence-corrected chi connectivity index (χ1v) is 7.35. The first kappa shape index (κ1) is 16.1. The molecule has 0 aliphatic heterocycles. The minimum absolute atomic E-state index is 0.347. The van der Waals surface area contributed by atoms with E-state index < -0.39 is 11.7 Å². The van der Waals surface area contributed by atoms with Crippen molar-refractivity contribution in [3.63, 3.8) is 0 Å². The van der Waals surface area contributed by atoms with Crippen LogP contribution in [0.3, 0.4) is 0 Å². The Labute approximate surface area is 129 Å². The highest BCUT2D eigenvalue weighted by Crippen LogP contribution is 2.35. The number of alkyl halides is 3. The van der Waals surface area contributed by atoms with Gasteiger partial charge in [-0.3, -0.25) is 0 Å². The van der Waals surface area contributed by atoms with Crippen LogP contribution in [0.15, 0.2) is 45.7 Å². The molecule has 0 spiro atoms. The molecule has 2 rings (SSSR count). The Morgan fingerprint density at radius 2 is 2.05 bits per heavy atom. The summed E-state index contributed by atoms with van der Waals surface area (Å²) in [4.78, 5) is 0. The van der Waals surface area contributed by atoms with Gasteiger partial charge in [-0.05, 0) is 42.8 Å². The van der Waals surface area contributed by atoms with E-state index in [0.29, 0.717) is 16.6 Å². The molecule has 1 heterocycles. The van der Waals surface area contributed by atoms with Crippen molar-refractivity contribution in [3.8, 4) is 0 Å². The van der Waals surface area contributed by atoms with E-state index in [0.717, 1.165) is 18.1 Å². The van der Waals surface area contributed by atoms with Crippen molar-refractivity contribution in [3.05, 3.63) is 58.0 Å². The van der Waals surface area contributed by atoms with Crippen LogP contribution in [-0.2, 0) is 6.18 Å². The molecule has 2 nitrogen and oxygen atoms in total. The highest BCUT2D eigenvalue weighted by molar-refractivity contribution is 9.10. The van der Waals surface area contributed by atoms with Crippen molar-refractivity contribution in [2.45, 2.75) is 25.6 Å². The van der Waals surface area contributed by atoms with Crippen molar-refractivity contribution in [2.24, 2.45) is 0 Å². The normalized spacial score (nSPS) is 13.4. The third-order valence-electron chi connectivity index (χ3n) is 3.11. The summed E-state index contributed by atoms with van der Waals surface area (Å²) in [6.07, 6.45) is -0.427. The molecule has 0 bridgehead atoms. The minimum atomic E-state index is -4.36. The zero-order chi connectivity index (χ0) is 15.5. The number of rotatable bonds is 5. The Morgan fingerprint density at radius 3 is 2.62 bits per heavy atom. The largest absolute Gasteiger partial charge is 0.472 e. The van der Waals surface area contributed by atoms with Gasteiger partial charge in [-0.25, -0.2) is 0 Å². The molecule has 0 saturated carbocycles. The summed E-state index contributed by atoms with van der Waals surface area (Å²) < 4.78 is 44.4. The second-order valence-electron chi connectivity index (χ2n) is 4.68. The molecule has 1 aromatic carbocycles. The zero-order valence-corrected chi connectivity index (χ0v) is 13.0. The maximum absolute atomic E-state index is 12.9. The Morgan fingerprint density at radius 1 is 1.29 bits per heavy atom. The van der Waals surface area contributed by atoms with Gasteiger partial charge in [-0.15, -0.1) is 0 Å². The number of nitrogens with one attached hydrogen (secondary N) is 1. The second-order valence-corrected chi connectivity index (χ2v) is 5.53. The van der Waals surface area contributed by atoms with E-state index in [4.69, 9.17) is 4.42 Å². The molecule has 0 amide bonds. The molecule has 0 aliphatic rings. The van der Waals surface area contributed by atoms with E-state index in [-0.39, 0.29) is 6.04 Å². The van der Waals surface area contributed by atoms with E-state index in [1.54, 1.807) is 12.3 Å². The fourth-order valence-corrected chi connectivity index (χ4v) is 2.55. The fraction of sp³-hybridized carbons (Fsp3) is 0.333. The SMILES string of the molecule is CCCNC(c1ccoc1)c1cc(C(F)(F)F)ccc1Br. The Bertz CT molecular complexity index is 581. The third-order valence-corrected chi connectivity index (χ3v) is 3.83. The van der Waals surface area contributed by atoms with Crippen molar-refractivity contribution in [1.29, 1.82) is 0 Å². The Balaban J connectivity index is 2.44. The first-order chi connectivity index (χ1) is 9.93. The van der Waals surface area contributed by atoms with E-state index in [2.05, 4.69) is 21.2 Å². The predicted octanol–water partition coefficient (Wildman–Crippen LogP) is 5.15. The quantitative estimate of drug-likeness (QED) is 0.796. The van der Waals surface area contributed by atoms with Crippen LogP contribution in [0.5, 0.6) is 0 Å². The average Bonchev–Trinajstić information content (AvgIpc) is 2.93. The summed E-state index contributed by atoms with van der Waals surface area (Å²) in [6, 6.07) is 5.07. The van der Waals surface area contributed by atoms with Crippen LogP contribution in [0.1, 0.15) is 36.1 Å². The Kier molecular flexibility index (Phi) is 5.11. The topological polar surface area (TPSA) is 25.2 Å². The van der Waals surface area contributed by atoms with Crippen LogP contribution in [0, 0.1) is 0 Å². The van der Waals surface area contributed by atoms with Crippen LogP contribution in [0.2, 0.25) is 0 Å². The molecule has 2 aromatic rings. The lowest BCUT2D eigenvalue weighted by molar-refractivity contribution is -0.137. The number of hydrogen-bond acceptors (Lipinski definition) is 2. The molecular weight excluding hydrogens is 347 g/mol. The molecule has 0 saturated heterocycles. The molecule has 0 aliphatic carbocycles. The molecule has 1 atom stereocenters. The summed E-state index contributed by atoms with van der Waals surface area (Å²) in [6.45, 7) is 2.69. The van der Waals surface area contributed by atoms with Gasteiger partial charge in [-0.1, -0.05) is 22.9 Å². The smallest absolute Gasteiger partial charge is 0.416 e. The zero-order valence-electron chi connectivity index (χ0n) is 11.4. The summed E-state index contributed by atoms with van der Waals surface area (Å²) in [5.41, 5.74) is 0.677. The molecule has 6 heteroatoms. The molecule has 1 aromatic heterocycles. The van der Waals surface area contributed by atoms with Gasteiger partial charge in [0.2, 0.25) is 0 Å². The van der Waals surface area contributed by atoms with Crippen LogP contribution < -0.4 is 5.32 Å². The number of benzene rings is 1. The van der Waals surface area contributed by atoms with Crippen molar-refractivity contribution >= 4 is 15.9 Å². The van der Waals surface area contributed by atoms with Gasteiger partial charge in [0.15, 0.2) is 0 Å². The van der Waals surface area contributed by atoms with Gasteiger partial charge in [0.25, 0.3) is 0 Å². The van der Waals surface area contributed by atoms with Crippen LogP contribution >= 0.6 is 15.9 Å².